The van der Waals surface area contributed by atoms with Crippen LogP contribution in [0, 0.1) is 0 Å². The van der Waals surface area contributed by atoms with Gasteiger partial charge in [-0.05, 0) is 20.1 Å². The van der Waals surface area contributed by atoms with Crippen LogP contribution in [0.5, 0.6) is 11.8 Å². The van der Waals surface area contributed by atoms with Crippen LogP contribution in [-0.2, 0) is 0 Å². The van der Waals surface area contributed by atoms with Gasteiger partial charge in [0.05, 0.1) is 19.3 Å². The lowest BCUT2D eigenvalue weighted by molar-refractivity contribution is -0.362. The third kappa shape index (κ3) is 5.71. The molecule has 1 aromatic rings. The van der Waals surface area contributed by atoms with Crippen LogP contribution in [-0.4, -0.2) is 34.6 Å². The monoisotopic (exact) mass is 385 g/mol. The minimum absolute atomic E-state index is 0. The van der Waals surface area contributed by atoms with Gasteiger partial charge in [-0.1, -0.05) is 21.7 Å². The number of hydrogen-bond donors (Lipinski definition) is 2. The molecule has 0 amide bonds. The number of rotatable bonds is 5. The van der Waals surface area contributed by atoms with E-state index < -0.39 is 0 Å². The number of nitrogens with zero attached hydrogens (tertiary/aromatic N) is 2. The number of ether oxygens (including phenoxy) is 2. The molecule has 0 aliphatic rings. The van der Waals surface area contributed by atoms with E-state index in [1.807, 2.05) is 20.1 Å². The largest absolute Gasteiger partial charge is 0.469 e. The molecule has 0 atom stereocenters. The summed E-state index contributed by atoms with van der Waals surface area (Å²) in [6.45, 7) is 4.84. The van der Waals surface area contributed by atoms with Gasteiger partial charge in [-0.2, -0.15) is 0 Å². The summed E-state index contributed by atoms with van der Waals surface area (Å²) in [4.78, 5) is 11.2. The van der Waals surface area contributed by atoms with Gasteiger partial charge in [0.25, 0.3) is 11.8 Å². The lowest BCUT2D eigenvalue weighted by Gasteiger charge is -2.02. The molecule has 0 saturated carbocycles. The van der Waals surface area contributed by atoms with Crippen molar-refractivity contribution in [1.29, 1.82) is 0 Å². The number of amidine groups is 1. The van der Waals surface area contributed by atoms with E-state index in [1.54, 1.807) is 6.07 Å². The first kappa shape index (κ1) is 17.2. The summed E-state index contributed by atoms with van der Waals surface area (Å²) >= 11 is 1.38. The Balaban J connectivity index is 0.00000289. The zero-order valence-corrected chi connectivity index (χ0v) is 13.7. The van der Waals surface area contributed by atoms with Crippen LogP contribution in [0.4, 0.5) is 5.95 Å². The summed E-state index contributed by atoms with van der Waals surface area (Å²) in [5, 5.41) is 0.515. The zero-order valence-electron chi connectivity index (χ0n) is 10.6. The SMILES string of the molecule is CCOc1cc(OCC)nc([NH+]=C(N)SC)n1.I. The Morgan fingerprint density at radius 2 is 1.78 bits per heavy atom. The van der Waals surface area contributed by atoms with E-state index in [1.165, 1.54) is 11.8 Å². The molecule has 8 heteroatoms. The van der Waals surface area contributed by atoms with Crippen molar-refractivity contribution in [2.24, 2.45) is 5.73 Å². The molecule has 102 valence electrons. The minimum atomic E-state index is 0. The second-order valence-corrected chi connectivity index (χ2v) is 3.78. The first-order valence-electron chi connectivity index (χ1n) is 5.27. The van der Waals surface area contributed by atoms with Gasteiger partial charge in [-0.3, -0.25) is 0 Å². The van der Waals surface area contributed by atoms with Gasteiger partial charge < -0.3 is 15.2 Å². The fourth-order valence-electron chi connectivity index (χ4n) is 1.06. The van der Waals surface area contributed by atoms with Crippen molar-refractivity contribution in [2.45, 2.75) is 13.8 Å². The van der Waals surface area contributed by atoms with Gasteiger partial charge in [0.2, 0.25) is 5.17 Å². The Hall–Kier alpha value is -0.770. The Bertz CT molecular complexity index is 379. The van der Waals surface area contributed by atoms with Gasteiger partial charge in [-0.15, -0.1) is 24.0 Å². The van der Waals surface area contributed by atoms with Crippen LogP contribution in [0.1, 0.15) is 13.8 Å². The maximum Gasteiger partial charge on any atom is 0.389 e. The second kappa shape index (κ2) is 9.20. The number of thioether (sulfide) groups is 1. The maximum atomic E-state index is 5.66. The third-order valence-corrected chi connectivity index (χ3v) is 2.26. The predicted molar refractivity (Wildman–Crippen MR) is 83.1 cm³/mol. The fraction of sp³-hybridized carbons (Fsp3) is 0.500. The van der Waals surface area contributed by atoms with Crippen molar-refractivity contribution in [3.05, 3.63) is 6.07 Å². The van der Waals surface area contributed by atoms with Crippen LogP contribution >= 0.6 is 35.7 Å². The van der Waals surface area contributed by atoms with Crippen LogP contribution in [0.15, 0.2) is 6.07 Å². The maximum absolute atomic E-state index is 5.66. The van der Waals surface area contributed by atoms with Crippen molar-refractivity contribution < 1.29 is 14.5 Å². The van der Waals surface area contributed by atoms with Gasteiger partial charge >= 0.3 is 5.95 Å². The minimum Gasteiger partial charge on any atom is -0.469 e. The predicted octanol–water partition coefficient (Wildman–Crippen LogP) is 0.282. The molecule has 0 bridgehead atoms. The number of nitrogens with two attached hydrogens (primary N) is 1. The quantitative estimate of drug-likeness (QED) is 0.431. The van der Waals surface area contributed by atoms with E-state index >= 15 is 0 Å². The molecule has 3 N–H and O–H groups in total. The molecule has 1 aromatic heterocycles. The molecule has 1 heterocycles. The molecule has 0 aromatic carbocycles. The highest BCUT2D eigenvalue weighted by Gasteiger charge is 2.12. The topological polar surface area (TPSA) is 84.2 Å². The van der Waals surface area contributed by atoms with Crippen molar-refractivity contribution >= 4 is 46.9 Å². The van der Waals surface area contributed by atoms with Crippen LogP contribution in [0.3, 0.4) is 0 Å². The Kier molecular flexibility index (Phi) is 8.81. The molecular formula is C10H18IN4O2S+. The second-order valence-electron chi connectivity index (χ2n) is 2.93. The zero-order chi connectivity index (χ0) is 12.7. The fourth-order valence-corrected chi connectivity index (χ4v) is 1.26. The van der Waals surface area contributed by atoms with Gasteiger partial charge in [0, 0.05) is 0 Å². The van der Waals surface area contributed by atoms with Crippen molar-refractivity contribution in [2.75, 3.05) is 19.5 Å². The average Bonchev–Trinajstić information content (AvgIpc) is 2.29. The number of aromatic nitrogens is 2. The van der Waals surface area contributed by atoms with Crippen LogP contribution in [0.25, 0.3) is 0 Å². The molecule has 0 radical (unpaired) electrons. The van der Waals surface area contributed by atoms with E-state index in [2.05, 4.69) is 15.0 Å². The molecule has 0 unspecified atom stereocenters. The highest BCUT2D eigenvalue weighted by atomic mass is 127. The summed E-state index contributed by atoms with van der Waals surface area (Å²) < 4.78 is 10.6. The Morgan fingerprint density at radius 1 is 1.28 bits per heavy atom. The standard InChI is InChI=1S/C10H16N4O2S.HI/c1-4-15-7-6-8(16-5-2)13-10(12-7)14-9(11)17-3;/h6H,4-5H2,1-3H3,(H2,11,12,13,14);1H/p+1. The molecule has 0 fully saturated rings. The molecule has 0 aliphatic heterocycles. The van der Waals surface area contributed by atoms with E-state index in [-0.39, 0.29) is 24.0 Å². The van der Waals surface area contributed by atoms with Crippen molar-refractivity contribution in [1.82, 2.24) is 9.97 Å². The van der Waals surface area contributed by atoms with E-state index in [4.69, 9.17) is 15.2 Å². The van der Waals surface area contributed by atoms with Gasteiger partial charge in [0.1, 0.15) is 0 Å². The number of halogens is 1. The molecule has 0 saturated heterocycles. The Morgan fingerprint density at radius 3 is 2.17 bits per heavy atom. The number of hydrogen-bond acceptors (Lipinski definition) is 5. The first-order chi connectivity index (χ1) is 8.19. The molecular weight excluding hydrogens is 367 g/mol. The van der Waals surface area contributed by atoms with E-state index in [0.717, 1.165) is 0 Å². The lowest BCUT2D eigenvalue weighted by atomic mass is 10.6. The summed E-state index contributed by atoms with van der Waals surface area (Å²) in [7, 11) is 0. The van der Waals surface area contributed by atoms with Crippen LogP contribution in [0.2, 0.25) is 0 Å². The molecule has 1 rings (SSSR count). The highest BCUT2D eigenvalue weighted by molar-refractivity contribution is 14.0. The third-order valence-electron chi connectivity index (χ3n) is 1.72. The van der Waals surface area contributed by atoms with Crippen molar-refractivity contribution in [3.8, 4) is 11.8 Å². The Labute approximate surface area is 128 Å². The average molecular weight is 385 g/mol. The molecule has 0 aliphatic carbocycles. The summed E-state index contributed by atoms with van der Waals surface area (Å²) in [5.41, 5.74) is 5.66. The van der Waals surface area contributed by atoms with Crippen LogP contribution < -0.4 is 20.2 Å². The normalized spacial score (nSPS) is 10.7. The lowest BCUT2D eigenvalue weighted by Crippen LogP contribution is -2.69. The number of nitrogens with one attached hydrogen (secondary N) is 1. The highest BCUT2D eigenvalue weighted by Crippen LogP contribution is 2.15. The van der Waals surface area contributed by atoms with Gasteiger partial charge in [0.15, 0.2) is 0 Å². The first-order valence-corrected chi connectivity index (χ1v) is 6.50. The van der Waals surface area contributed by atoms with E-state index in [0.29, 0.717) is 36.1 Å². The summed E-state index contributed by atoms with van der Waals surface area (Å²) in [6.07, 6.45) is 1.86. The summed E-state index contributed by atoms with van der Waals surface area (Å²) in [5.74, 6) is 1.29. The molecule has 18 heavy (non-hydrogen) atoms. The summed E-state index contributed by atoms with van der Waals surface area (Å²) in [6, 6.07) is 1.65. The van der Waals surface area contributed by atoms with Gasteiger partial charge in [-0.25, -0.2) is 4.99 Å². The molecule has 6 nitrogen and oxygen atoms in total. The van der Waals surface area contributed by atoms with Crippen molar-refractivity contribution in [3.63, 3.8) is 0 Å². The smallest absolute Gasteiger partial charge is 0.389 e. The molecule has 0 spiro atoms. The van der Waals surface area contributed by atoms with E-state index in [9.17, 15) is 0 Å².